The molecule has 25 heavy (non-hydrogen) atoms. The molecular weight excluding hydrogens is 338 g/mol. The third-order valence-electron chi connectivity index (χ3n) is 7.14. The van der Waals surface area contributed by atoms with Gasteiger partial charge in [0, 0.05) is 30.8 Å². The molecule has 2 N–H and O–H groups in total. The van der Waals surface area contributed by atoms with Gasteiger partial charge in [0.25, 0.3) is 0 Å². The molecule has 0 aromatic heterocycles. The van der Waals surface area contributed by atoms with Gasteiger partial charge in [0.1, 0.15) is 11.5 Å². The SMILES string of the molecule is Cl.O=C1CC[C@@]2(O)[C@H]3Cc4ccc(O)cc4[C@@]2(CCN3CC2CC2)C1. The fraction of sp³-hybridized carbons (Fsp3) is 0.650. The van der Waals surface area contributed by atoms with Crippen molar-refractivity contribution in [2.45, 2.75) is 62.0 Å². The van der Waals surface area contributed by atoms with Crippen molar-refractivity contribution in [2.24, 2.45) is 5.92 Å². The van der Waals surface area contributed by atoms with Gasteiger partial charge in [-0.15, -0.1) is 12.4 Å². The molecule has 4 aliphatic rings. The van der Waals surface area contributed by atoms with Crippen molar-refractivity contribution in [3.05, 3.63) is 29.3 Å². The predicted octanol–water partition coefficient (Wildman–Crippen LogP) is 2.58. The molecule has 3 atom stereocenters. The Hall–Kier alpha value is -1.10. The van der Waals surface area contributed by atoms with Gasteiger partial charge in [-0.05, 0) is 67.8 Å². The number of rotatable bonds is 2. The van der Waals surface area contributed by atoms with Crippen molar-refractivity contribution in [3.8, 4) is 5.75 Å². The molecule has 5 rings (SSSR count). The van der Waals surface area contributed by atoms with Gasteiger partial charge in [-0.3, -0.25) is 9.69 Å². The van der Waals surface area contributed by atoms with Crippen molar-refractivity contribution >= 4 is 18.2 Å². The van der Waals surface area contributed by atoms with E-state index in [2.05, 4.69) is 4.90 Å². The molecule has 3 aliphatic carbocycles. The summed E-state index contributed by atoms with van der Waals surface area (Å²) >= 11 is 0. The zero-order valence-corrected chi connectivity index (χ0v) is 15.2. The van der Waals surface area contributed by atoms with Crippen LogP contribution in [0.3, 0.4) is 0 Å². The summed E-state index contributed by atoms with van der Waals surface area (Å²) < 4.78 is 0. The molecule has 0 spiro atoms. The van der Waals surface area contributed by atoms with Crippen LogP contribution in [-0.2, 0) is 16.6 Å². The highest BCUT2D eigenvalue weighted by atomic mass is 35.5. The van der Waals surface area contributed by atoms with E-state index in [1.54, 1.807) is 6.07 Å². The number of aliphatic hydroxyl groups is 1. The number of likely N-dealkylation sites (tertiary alicyclic amines) is 1. The number of benzene rings is 1. The fourth-order valence-electron chi connectivity index (χ4n) is 5.74. The summed E-state index contributed by atoms with van der Waals surface area (Å²) in [6.45, 7) is 2.04. The van der Waals surface area contributed by atoms with E-state index in [4.69, 9.17) is 0 Å². The first-order valence-corrected chi connectivity index (χ1v) is 9.32. The summed E-state index contributed by atoms with van der Waals surface area (Å²) in [5.41, 5.74) is 0.895. The van der Waals surface area contributed by atoms with E-state index < -0.39 is 11.0 Å². The number of nitrogens with zero attached hydrogens (tertiary/aromatic N) is 1. The molecule has 136 valence electrons. The number of phenols is 1. The second kappa shape index (κ2) is 5.70. The number of piperidine rings is 1. The minimum absolute atomic E-state index is 0. The second-order valence-corrected chi connectivity index (χ2v) is 8.47. The smallest absolute Gasteiger partial charge is 0.134 e. The van der Waals surface area contributed by atoms with Gasteiger partial charge >= 0.3 is 0 Å². The van der Waals surface area contributed by atoms with Crippen molar-refractivity contribution in [1.82, 2.24) is 4.90 Å². The second-order valence-electron chi connectivity index (χ2n) is 8.47. The van der Waals surface area contributed by atoms with E-state index in [9.17, 15) is 15.0 Å². The lowest BCUT2D eigenvalue weighted by Crippen LogP contribution is -2.73. The van der Waals surface area contributed by atoms with Crippen LogP contribution < -0.4 is 0 Å². The summed E-state index contributed by atoms with van der Waals surface area (Å²) in [7, 11) is 0. The Bertz CT molecular complexity index is 719. The summed E-state index contributed by atoms with van der Waals surface area (Å²) in [4.78, 5) is 14.8. The van der Waals surface area contributed by atoms with E-state index in [-0.39, 0.29) is 30.0 Å². The Morgan fingerprint density at radius 2 is 2.04 bits per heavy atom. The van der Waals surface area contributed by atoms with Crippen molar-refractivity contribution in [3.63, 3.8) is 0 Å². The average molecular weight is 364 g/mol. The summed E-state index contributed by atoms with van der Waals surface area (Å²) in [5.74, 6) is 1.29. The lowest BCUT2D eigenvalue weighted by Gasteiger charge is -2.63. The van der Waals surface area contributed by atoms with Gasteiger partial charge in [-0.1, -0.05) is 6.07 Å². The Labute approximate surface area is 154 Å². The van der Waals surface area contributed by atoms with Gasteiger partial charge in [-0.25, -0.2) is 0 Å². The largest absolute Gasteiger partial charge is 0.508 e. The lowest BCUT2D eigenvalue weighted by atomic mass is 9.49. The first kappa shape index (κ1) is 17.3. The lowest BCUT2D eigenvalue weighted by molar-refractivity contribution is -0.173. The van der Waals surface area contributed by atoms with Crippen LogP contribution in [0.2, 0.25) is 0 Å². The monoisotopic (exact) mass is 363 g/mol. The number of phenolic OH excluding ortho intramolecular Hbond substituents is 1. The zero-order valence-electron chi connectivity index (χ0n) is 14.4. The van der Waals surface area contributed by atoms with Gasteiger partial charge in [0.15, 0.2) is 0 Å². The molecule has 2 bridgehead atoms. The molecule has 0 radical (unpaired) electrons. The maximum atomic E-state index is 12.3. The number of aromatic hydroxyl groups is 1. The van der Waals surface area contributed by atoms with Gasteiger partial charge in [0.05, 0.1) is 5.60 Å². The third kappa shape index (κ3) is 2.37. The van der Waals surface area contributed by atoms with E-state index in [0.29, 0.717) is 19.3 Å². The minimum Gasteiger partial charge on any atom is -0.508 e. The Kier molecular flexibility index (Phi) is 3.95. The first-order valence-electron chi connectivity index (χ1n) is 9.32. The molecule has 1 heterocycles. The Morgan fingerprint density at radius 1 is 1.24 bits per heavy atom. The summed E-state index contributed by atoms with van der Waals surface area (Å²) in [6.07, 6.45) is 5.75. The Morgan fingerprint density at radius 3 is 2.80 bits per heavy atom. The molecule has 1 aliphatic heterocycles. The molecule has 0 unspecified atom stereocenters. The molecule has 1 aromatic carbocycles. The topological polar surface area (TPSA) is 60.8 Å². The van der Waals surface area contributed by atoms with Crippen LogP contribution in [0, 0.1) is 5.92 Å². The molecule has 4 nitrogen and oxygen atoms in total. The molecule has 1 aromatic rings. The van der Waals surface area contributed by atoms with Crippen LogP contribution in [0.25, 0.3) is 0 Å². The van der Waals surface area contributed by atoms with Gasteiger partial charge in [0.2, 0.25) is 0 Å². The van der Waals surface area contributed by atoms with E-state index >= 15 is 0 Å². The quantitative estimate of drug-likeness (QED) is 0.847. The van der Waals surface area contributed by atoms with Crippen molar-refractivity contribution in [2.75, 3.05) is 13.1 Å². The fourth-order valence-corrected chi connectivity index (χ4v) is 5.74. The van der Waals surface area contributed by atoms with Crippen LogP contribution in [0.4, 0.5) is 0 Å². The molecule has 0 amide bonds. The highest BCUT2D eigenvalue weighted by molar-refractivity contribution is 5.85. The predicted molar refractivity (Wildman–Crippen MR) is 97.2 cm³/mol. The van der Waals surface area contributed by atoms with Crippen molar-refractivity contribution in [1.29, 1.82) is 0 Å². The molecule has 5 heteroatoms. The molecule has 3 fully saturated rings. The molecular formula is C20H26ClNO3. The summed E-state index contributed by atoms with van der Waals surface area (Å²) in [5, 5.41) is 21.9. The minimum atomic E-state index is -0.838. The zero-order chi connectivity index (χ0) is 16.5. The number of fused-ring (bicyclic) bond motifs is 1. The van der Waals surface area contributed by atoms with Crippen LogP contribution >= 0.6 is 12.4 Å². The number of carbonyl (C=O) groups is 1. The highest BCUT2D eigenvalue weighted by Crippen LogP contribution is 2.58. The normalized spacial score (nSPS) is 37.0. The number of ketones is 1. The number of halogens is 1. The maximum Gasteiger partial charge on any atom is 0.134 e. The van der Waals surface area contributed by atoms with Gasteiger partial charge < -0.3 is 10.2 Å². The number of hydrogen-bond acceptors (Lipinski definition) is 4. The molecule has 2 saturated carbocycles. The standard InChI is InChI=1S/C20H25NO3.ClH/c22-15-4-3-14-9-18-20(24)6-5-16(23)11-19(20,17(14)10-15)7-8-21(18)12-13-1-2-13;/h3-4,10,13,18,22,24H,1-2,5-9,11-12H2;1H/t18-,19-,20-;/m1./s1. The van der Waals surface area contributed by atoms with Crippen LogP contribution in [0.1, 0.15) is 49.7 Å². The third-order valence-corrected chi connectivity index (χ3v) is 7.14. The van der Waals surface area contributed by atoms with E-state index in [1.165, 1.54) is 18.4 Å². The van der Waals surface area contributed by atoms with E-state index in [1.807, 2.05) is 12.1 Å². The molecule has 1 saturated heterocycles. The first-order chi connectivity index (χ1) is 11.5. The van der Waals surface area contributed by atoms with Crippen LogP contribution in [-0.4, -0.2) is 45.6 Å². The van der Waals surface area contributed by atoms with E-state index in [0.717, 1.165) is 37.4 Å². The highest BCUT2D eigenvalue weighted by Gasteiger charge is 2.64. The number of hydrogen-bond donors (Lipinski definition) is 2. The Balaban J connectivity index is 0.00000157. The number of Topliss-reactive ketones (excluding diaryl/α,β-unsaturated/α-hetero) is 1. The number of carbonyl (C=O) groups excluding carboxylic acids is 1. The maximum absolute atomic E-state index is 12.3. The average Bonchev–Trinajstić information content (AvgIpc) is 3.36. The van der Waals surface area contributed by atoms with Crippen LogP contribution in [0.15, 0.2) is 18.2 Å². The van der Waals surface area contributed by atoms with Crippen molar-refractivity contribution < 1.29 is 15.0 Å². The van der Waals surface area contributed by atoms with Gasteiger partial charge in [-0.2, -0.15) is 0 Å². The summed E-state index contributed by atoms with van der Waals surface area (Å²) in [6, 6.07) is 5.66. The van der Waals surface area contributed by atoms with Crippen LogP contribution in [0.5, 0.6) is 5.75 Å².